The molecule has 1 fully saturated rings. The molecule has 1 saturated heterocycles. The third-order valence-corrected chi connectivity index (χ3v) is 4.00. The Bertz CT molecular complexity index is 660. The molecule has 6 nitrogen and oxygen atoms in total. The first-order valence-corrected chi connectivity index (χ1v) is 7.44. The van der Waals surface area contributed by atoms with Crippen LogP contribution < -0.4 is 4.74 Å². The van der Waals surface area contributed by atoms with Crippen LogP contribution in [-0.4, -0.2) is 41.2 Å². The van der Waals surface area contributed by atoms with E-state index in [2.05, 4.69) is 17.1 Å². The number of piperidine rings is 1. The molecule has 0 radical (unpaired) electrons. The monoisotopic (exact) mass is 301 g/mol. The standard InChI is InChI=1S/C16H19N3O3/c1-11-6-8-19(9-7-11)16(20)15-18-17-14(22-15)12-4-3-5-13(10-12)21-2/h3-5,10-11H,6-9H2,1-2H3. The van der Waals surface area contributed by atoms with Crippen LogP contribution in [0, 0.1) is 5.92 Å². The number of aromatic nitrogens is 2. The average Bonchev–Trinajstić information content (AvgIpc) is 3.05. The fraction of sp³-hybridized carbons (Fsp3) is 0.438. The highest BCUT2D eigenvalue weighted by molar-refractivity contribution is 5.89. The molecule has 0 saturated carbocycles. The lowest BCUT2D eigenvalue weighted by Crippen LogP contribution is -2.38. The molecular formula is C16H19N3O3. The van der Waals surface area contributed by atoms with E-state index in [-0.39, 0.29) is 11.8 Å². The summed E-state index contributed by atoms with van der Waals surface area (Å²) < 4.78 is 10.7. The van der Waals surface area contributed by atoms with E-state index < -0.39 is 0 Å². The van der Waals surface area contributed by atoms with Crippen LogP contribution in [0.15, 0.2) is 28.7 Å². The summed E-state index contributed by atoms with van der Waals surface area (Å²) in [5.74, 6) is 1.56. The Morgan fingerprint density at radius 2 is 2.09 bits per heavy atom. The number of carbonyl (C=O) groups is 1. The largest absolute Gasteiger partial charge is 0.497 e. The highest BCUT2D eigenvalue weighted by Crippen LogP contribution is 2.24. The summed E-state index contributed by atoms with van der Waals surface area (Å²) in [6.07, 6.45) is 2.03. The van der Waals surface area contributed by atoms with Crippen molar-refractivity contribution in [2.75, 3.05) is 20.2 Å². The van der Waals surface area contributed by atoms with E-state index in [4.69, 9.17) is 9.15 Å². The highest BCUT2D eigenvalue weighted by atomic mass is 16.5. The smallest absolute Gasteiger partial charge is 0.311 e. The minimum Gasteiger partial charge on any atom is -0.497 e. The van der Waals surface area contributed by atoms with Crippen molar-refractivity contribution < 1.29 is 13.9 Å². The first-order valence-electron chi connectivity index (χ1n) is 7.44. The van der Waals surface area contributed by atoms with Crippen molar-refractivity contribution in [3.05, 3.63) is 30.2 Å². The Morgan fingerprint density at radius 3 is 2.82 bits per heavy atom. The minimum absolute atomic E-state index is 0.0485. The predicted octanol–water partition coefficient (Wildman–Crippen LogP) is 2.62. The van der Waals surface area contributed by atoms with E-state index in [0.29, 0.717) is 17.6 Å². The van der Waals surface area contributed by atoms with E-state index in [0.717, 1.165) is 31.5 Å². The van der Waals surface area contributed by atoms with Crippen LogP contribution in [-0.2, 0) is 0 Å². The molecule has 0 atom stereocenters. The van der Waals surface area contributed by atoms with Crippen LogP contribution in [0.5, 0.6) is 5.75 Å². The molecule has 1 aromatic heterocycles. The maximum Gasteiger partial charge on any atom is 0.311 e. The first-order chi connectivity index (χ1) is 10.7. The number of carbonyl (C=O) groups excluding carboxylic acids is 1. The van der Waals surface area contributed by atoms with Gasteiger partial charge in [-0.05, 0) is 37.0 Å². The maximum absolute atomic E-state index is 12.4. The molecule has 0 bridgehead atoms. The molecular weight excluding hydrogens is 282 g/mol. The summed E-state index contributed by atoms with van der Waals surface area (Å²) in [5, 5.41) is 7.87. The molecule has 1 aromatic carbocycles. The number of hydrogen-bond donors (Lipinski definition) is 0. The van der Waals surface area contributed by atoms with Crippen LogP contribution >= 0.6 is 0 Å². The quantitative estimate of drug-likeness (QED) is 0.871. The first kappa shape index (κ1) is 14.6. The second kappa shape index (κ2) is 6.17. The van der Waals surface area contributed by atoms with Gasteiger partial charge in [0.1, 0.15) is 5.75 Å². The highest BCUT2D eigenvalue weighted by Gasteiger charge is 2.25. The summed E-state index contributed by atoms with van der Waals surface area (Å²) in [6, 6.07) is 7.31. The van der Waals surface area contributed by atoms with E-state index in [1.54, 1.807) is 18.1 Å². The Morgan fingerprint density at radius 1 is 1.32 bits per heavy atom. The number of rotatable bonds is 3. The van der Waals surface area contributed by atoms with E-state index in [1.165, 1.54) is 0 Å². The molecule has 0 aliphatic carbocycles. The third-order valence-electron chi connectivity index (χ3n) is 4.00. The van der Waals surface area contributed by atoms with Crippen molar-refractivity contribution >= 4 is 5.91 Å². The fourth-order valence-corrected chi connectivity index (χ4v) is 2.53. The van der Waals surface area contributed by atoms with E-state index >= 15 is 0 Å². The number of likely N-dealkylation sites (tertiary alicyclic amines) is 1. The van der Waals surface area contributed by atoms with Crippen molar-refractivity contribution in [1.82, 2.24) is 15.1 Å². The SMILES string of the molecule is COc1cccc(-c2nnc(C(=O)N3CCC(C)CC3)o2)c1. The minimum atomic E-state index is -0.187. The number of hydrogen-bond acceptors (Lipinski definition) is 5. The summed E-state index contributed by atoms with van der Waals surface area (Å²) in [5.41, 5.74) is 0.734. The lowest BCUT2D eigenvalue weighted by Gasteiger charge is -2.29. The summed E-state index contributed by atoms with van der Waals surface area (Å²) in [4.78, 5) is 14.2. The van der Waals surface area contributed by atoms with Gasteiger partial charge in [0, 0.05) is 18.7 Å². The molecule has 0 N–H and O–H groups in total. The molecule has 2 aromatic rings. The zero-order chi connectivity index (χ0) is 15.5. The normalized spacial score (nSPS) is 15.8. The van der Waals surface area contributed by atoms with E-state index in [1.807, 2.05) is 18.2 Å². The summed E-state index contributed by atoms with van der Waals surface area (Å²) in [7, 11) is 1.60. The van der Waals surface area contributed by atoms with Crippen molar-refractivity contribution in [2.45, 2.75) is 19.8 Å². The van der Waals surface area contributed by atoms with Crippen LogP contribution in [0.3, 0.4) is 0 Å². The topological polar surface area (TPSA) is 68.5 Å². The molecule has 1 aliphatic rings. The van der Waals surface area contributed by atoms with Gasteiger partial charge >= 0.3 is 11.8 Å². The van der Waals surface area contributed by atoms with Crippen molar-refractivity contribution in [3.63, 3.8) is 0 Å². The summed E-state index contributed by atoms with van der Waals surface area (Å²) in [6.45, 7) is 3.70. The Labute approximate surface area is 129 Å². The van der Waals surface area contributed by atoms with Crippen molar-refractivity contribution in [2.24, 2.45) is 5.92 Å². The molecule has 116 valence electrons. The van der Waals surface area contributed by atoms with Gasteiger partial charge in [0.05, 0.1) is 7.11 Å². The van der Waals surface area contributed by atoms with Gasteiger partial charge in [0.15, 0.2) is 0 Å². The van der Waals surface area contributed by atoms with Gasteiger partial charge in [0.2, 0.25) is 5.89 Å². The average molecular weight is 301 g/mol. The number of benzene rings is 1. The molecule has 22 heavy (non-hydrogen) atoms. The molecule has 0 unspecified atom stereocenters. The predicted molar refractivity (Wildman–Crippen MR) is 80.6 cm³/mol. The zero-order valence-corrected chi connectivity index (χ0v) is 12.8. The van der Waals surface area contributed by atoms with Crippen LogP contribution in [0.1, 0.15) is 30.5 Å². The zero-order valence-electron chi connectivity index (χ0n) is 12.8. The molecule has 1 amide bonds. The van der Waals surface area contributed by atoms with Gasteiger partial charge < -0.3 is 14.1 Å². The van der Waals surface area contributed by atoms with Crippen molar-refractivity contribution in [1.29, 1.82) is 0 Å². The molecule has 2 heterocycles. The molecule has 0 spiro atoms. The second-order valence-electron chi connectivity index (χ2n) is 5.62. The lowest BCUT2D eigenvalue weighted by atomic mass is 9.99. The molecule has 6 heteroatoms. The van der Waals surface area contributed by atoms with Crippen LogP contribution in [0.25, 0.3) is 11.5 Å². The van der Waals surface area contributed by atoms with Crippen LogP contribution in [0.2, 0.25) is 0 Å². The fourth-order valence-electron chi connectivity index (χ4n) is 2.53. The van der Waals surface area contributed by atoms with Crippen LogP contribution in [0.4, 0.5) is 0 Å². The number of nitrogens with zero attached hydrogens (tertiary/aromatic N) is 3. The van der Waals surface area contributed by atoms with Crippen molar-refractivity contribution in [3.8, 4) is 17.2 Å². The van der Waals surface area contributed by atoms with Gasteiger partial charge in [-0.2, -0.15) is 0 Å². The maximum atomic E-state index is 12.4. The number of methoxy groups -OCH3 is 1. The lowest BCUT2D eigenvalue weighted by molar-refractivity contribution is 0.0657. The Balaban J connectivity index is 1.77. The Hall–Kier alpha value is -2.37. The van der Waals surface area contributed by atoms with Gasteiger partial charge in [-0.15, -0.1) is 10.2 Å². The summed E-state index contributed by atoms with van der Waals surface area (Å²) >= 11 is 0. The van der Waals surface area contributed by atoms with E-state index in [9.17, 15) is 4.79 Å². The number of amides is 1. The molecule has 3 rings (SSSR count). The molecule has 1 aliphatic heterocycles. The third kappa shape index (κ3) is 2.95. The Kier molecular flexibility index (Phi) is 4.09. The van der Waals surface area contributed by atoms with Gasteiger partial charge in [0.25, 0.3) is 0 Å². The second-order valence-corrected chi connectivity index (χ2v) is 5.62. The van der Waals surface area contributed by atoms with Gasteiger partial charge in [-0.25, -0.2) is 0 Å². The number of ether oxygens (including phenoxy) is 1. The van der Waals surface area contributed by atoms with Gasteiger partial charge in [-0.1, -0.05) is 13.0 Å². The van der Waals surface area contributed by atoms with Gasteiger partial charge in [-0.3, -0.25) is 4.79 Å².